The lowest BCUT2D eigenvalue weighted by Gasteiger charge is -2.21. The van der Waals surface area contributed by atoms with Crippen LogP contribution in [0.3, 0.4) is 0 Å². The number of aliphatic imine (C=N–C) groups is 1. The van der Waals surface area contributed by atoms with E-state index in [1.807, 2.05) is 24.3 Å². The van der Waals surface area contributed by atoms with E-state index in [0.717, 1.165) is 37.0 Å². The molecule has 8 nitrogen and oxygen atoms in total. The van der Waals surface area contributed by atoms with Gasteiger partial charge in [0.05, 0.1) is 19.9 Å². The van der Waals surface area contributed by atoms with E-state index in [0.29, 0.717) is 24.0 Å². The minimum atomic E-state index is 0. The van der Waals surface area contributed by atoms with E-state index in [2.05, 4.69) is 42.5 Å². The zero-order valence-electron chi connectivity index (χ0n) is 16.5. The Kier molecular flexibility index (Phi) is 7.13. The lowest BCUT2D eigenvalue weighted by atomic mass is 9.98. The summed E-state index contributed by atoms with van der Waals surface area (Å²) < 4.78 is 10.6. The Morgan fingerprint density at radius 1 is 1.34 bits per heavy atom. The van der Waals surface area contributed by atoms with E-state index in [-0.39, 0.29) is 24.0 Å². The number of guanidine groups is 1. The second-order valence-electron chi connectivity index (χ2n) is 6.69. The maximum absolute atomic E-state index is 5.32. The quantitative estimate of drug-likeness (QED) is 0.313. The van der Waals surface area contributed by atoms with Crippen molar-refractivity contribution in [3.05, 3.63) is 54.0 Å². The summed E-state index contributed by atoms with van der Waals surface area (Å²) in [4.78, 5) is 11.2. The number of benzene rings is 1. The molecule has 4 rings (SSSR count). The van der Waals surface area contributed by atoms with Crippen molar-refractivity contribution in [2.45, 2.75) is 18.9 Å². The van der Waals surface area contributed by atoms with Crippen LogP contribution in [0.4, 0.5) is 0 Å². The minimum Gasteiger partial charge on any atom is -0.497 e. The Labute approximate surface area is 186 Å². The van der Waals surface area contributed by atoms with Gasteiger partial charge in [-0.25, -0.2) is 4.98 Å². The number of nitrogens with one attached hydrogen (secondary N) is 2. The van der Waals surface area contributed by atoms with Gasteiger partial charge in [-0.05, 0) is 36.2 Å². The Balaban J connectivity index is 0.00000240. The van der Waals surface area contributed by atoms with E-state index in [1.54, 1.807) is 20.4 Å². The number of likely N-dealkylation sites (tertiary alicyclic amines) is 1. The van der Waals surface area contributed by atoms with Crippen LogP contribution < -0.4 is 10.1 Å². The Hall–Kier alpha value is -2.56. The van der Waals surface area contributed by atoms with Gasteiger partial charge in [0.15, 0.2) is 11.7 Å². The summed E-state index contributed by atoms with van der Waals surface area (Å²) in [6, 6.07) is 12.0. The molecule has 0 saturated carbocycles. The molecule has 1 atom stereocenters. The van der Waals surface area contributed by atoms with E-state index in [1.165, 1.54) is 5.56 Å². The fourth-order valence-corrected chi connectivity index (χ4v) is 3.49. The first-order valence-corrected chi connectivity index (χ1v) is 9.31. The molecule has 3 aromatic rings. The number of nitrogens with zero attached hydrogens (tertiary/aromatic N) is 4. The van der Waals surface area contributed by atoms with Gasteiger partial charge in [0, 0.05) is 26.1 Å². The van der Waals surface area contributed by atoms with Crippen LogP contribution >= 0.6 is 24.0 Å². The first-order chi connectivity index (χ1) is 13.8. The summed E-state index contributed by atoms with van der Waals surface area (Å²) in [5.41, 5.74) is 1.33. The van der Waals surface area contributed by atoms with Crippen LogP contribution in [0.1, 0.15) is 23.7 Å². The number of hydrogen-bond donors (Lipinski definition) is 2. The van der Waals surface area contributed by atoms with Gasteiger partial charge in [-0.15, -0.1) is 29.1 Å². The number of furan rings is 1. The minimum absolute atomic E-state index is 0. The molecule has 3 heterocycles. The van der Waals surface area contributed by atoms with E-state index >= 15 is 0 Å². The van der Waals surface area contributed by atoms with Crippen LogP contribution in [-0.4, -0.2) is 53.3 Å². The molecule has 0 amide bonds. The fraction of sp³-hybridized carbons (Fsp3) is 0.350. The molecule has 154 valence electrons. The van der Waals surface area contributed by atoms with Gasteiger partial charge < -0.3 is 19.4 Å². The van der Waals surface area contributed by atoms with Crippen molar-refractivity contribution in [2.24, 2.45) is 4.99 Å². The number of methoxy groups -OCH3 is 1. The highest BCUT2D eigenvalue weighted by molar-refractivity contribution is 14.0. The van der Waals surface area contributed by atoms with Crippen molar-refractivity contribution in [1.82, 2.24) is 25.4 Å². The van der Waals surface area contributed by atoms with E-state index in [4.69, 9.17) is 9.15 Å². The summed E-state index contributed by atoms with van der Waals surface area (Å²) in [5.74, 6) is 4.18. The molecule has 0 aliphatic carbocycles. The Morgan fingerprint density at radius 2 is 2.17 bits per heavy atom. The van der Waals surface area contributed by atoms with Crippen LogP contribution in [0, 0.1) is 0 Å². The summed E-state index contributed by atoms with van der Waals surface area (Å²) in [6.45, 7) is 2.41. The molecule has 0 bridgehead atoms. The molecule has 2 N–H and O–H groups in total. The van der Waals surface area contributed by atoms with Crippen LogP contribution in [0.25, 0.3) is 11.6 Å². The largest absolute Gasteiger partial charge is 0.497 e. The number of halogens is 1. The molecular formula is C20H25IN6O2. The third kappa shape index (κ3) is 4.89. The highest BCUT2D eigenvalue weighted by atomic mass is 127. The van der Waals surface area contributed by atoms with Gasteiger partial charge in [-0.1, -0.05) is 12.1 Å². The molecule has 1 aliphatic rings. The normalized spacial score (nSPS) is 16.6. The highest BCUT2D eigenvalue weighted by Gasteiger charge is 2.26. The van der Waals surface area contributed by atoms with Crippen molar-refractivity contribution >= 4 is 29.9 Å². The molecule has 9 heteroatoms. The number of hydrogen-bond acceptors (Lipinski definition) is 5. The summed E-state index contributed by atoms with van der Waals surface area (Å²) in [6.07, 6.45) is 2.70. The molecule has 1 unspecified atom stereocenters. The predicted molar refractivity (Wildman–Crippen MR) is 122 cm³/mol. The monoisotopic (exact) mass is 508 g/mol. The smallest absolute Gasteiger partial charge is 0.216 e. The Bertz CT molecular complexity index is 923. The summed E-state index contributed by atoms with van der Waals surface area (Å²) >= 11 is 0. The predicted octanol–water partition coefficient (Wildman–Crippen LogP) is 3.26. The molecule has 2 aromatic heterocycles. The summed E-state index contributed by atoms with van der Waals surface area (Å²) in [5, 5.41) is 10.5. The Morgan fingerprint density at radius 3 is 2.86 bits per heavy atom. The maximum Gasteiger partial charge on any atom is 0.216 e. The zero-order chi connectivity index (χ0) is 19.3. The van der Waals surface area contributed by atoms with E-state index < -0.39 is 0 Å². The van der Waals surface area contributed by atoms with Crippen molar-refractivity contribution < 1.29 is 9.15 Å². The lowest BCUT2D eigenvalue weighted by Crippen LogP contribution is -2.39. The third-order valence-electron chi connectivity index (χ3n) is 4.97. The molecule has 1 fully saturated rings. The van der Waals surface area contributed by atoms with Gasteiger partial charge in [-0.3, -0.25) is 10.1 Å². The maximum atomic E-state index is 5.32. The average Bonchev–Trinajstić information content (AvgIpc) is 3.49. The number of aromatic nitrogens is 3. The lowest BCUT2D eigenvalue weighted by molar-refractivity contribution is 0.414. The van der Waals surface area contributed by atoms with Crippen molar-refractivity contribution in [2.75, 3.05) is 27.2 Å². The average molecular weight is 508 g/mol. The highest BCUT2D eigenvalue weighted by Crippen LogP contribution is 2.28. The van der Waals surface area contributed by atoms with Crippen LogP contribution in [0.15, 0.2) is 52.1 Å². The number of aromatic amines is 1. The van der Waals surface area contributed by atoms with Crippen LogP contribution in [-0.2, 0) is 6.54 Å². The molecule has 0 spiro atoms. The SMILES string of the molecule is CN=C(NCc1nc(-c2ccco2)n[nH]1)N1CCC(c2ccc(OC)cc2)C1.I. The standard InChI is InChI=1S/C20H24N6O2.HI/c1-21-20(22-12-18-23-19(25-24-18)17-4-3-11-28-17)26-10-9-15(13-26)14-5-7-16(27-2)8-6-14;/h3-8,11,15H,9-10,12-13H2,1-2H3,(H,21,22)(H,23,24,25);1H. The number of rotatable bonds is 5. The molecular weight excluding hydrogens is 483 g/mol. The molecule has 1 aromatic carbocycles. The van der Waals surface area contributed by atoms with Gasteiger partial charge in [0.1, 0.15) is 11.6 Å². The van der Waals surface area contributed by atoms with Gasteiger partial charge in [0.25, 0.3) is 0 Å². The summed E-state index contributed by atoms with van der Waals surface area (Å²) in [7, 11) is 3.49. The molecule has 0 radical (unpaired) electrons. The second kappa shape index (κ2) is 9.77. The van der Waals surface area contributed by atoms with Crippen molar-refractivity contribution in [3.8, 4) is 17.3 Å². The fourth-order valence-electron chi connectivity index (χ4n) is 3.49. The van der Waals surface area contributed by atoms with Crippen molar-refractivity contribution in [3.63, 3.8) is 0 Å². The first-order valence-electron chi connectivity index (χ1n) is 9.31. The molecule has 29 heavy (non-hydrogen) atoms. The molecule has 1 saturated heterocycles. The zero-order valence-corrected chi connectivity index (χ0v) is 18.8. The third-order valence-corrected chi connectivity index (χ3v) is 4.97. The van der Waals surface area contributed by atoms with Crippen molar-refractivity contribution in [1.29, 1.82) is 0 Å². The molecule has 1 aliphatic heterocycles. The van der Waals surface area contributed by atoms with Crippen LogP contribution in [0.2, 0.25) is 0 Å². The van der Waals surface area contributed by atoms with Crippen LogP contribution in [0.5, 0.6) is 5.75 Å². The number of H-pyrrole nitrogens is 1. The van der Waals surface area contributed by atoms with Gasteiger partial charge in [-0.2, -0.15) is 0 Å². The van der Waals surface area contributed by atoms with Gasteiger partial charge >= 0.3 is 0 Å². The first kappa shape index (κ1) is 21.2. The number of ether oxygens (including phenoxy) is 1. The van der Waals surface area contributed by atoms with Gasteiger partial charge in [0.2, 0.25) is 5.82 Å². The topological polar surface area (TPSA) is 91.6 Å². The van der Waals surface area contributed by atoms with E-state index in [9.17, 15) is 0 Å². The second-order valence-corrected chi connectivity index (χ2v) is 6.69.